The average molecular weight is 276 g/mol. The van der Waals surface area contributed by atoms with Crippen LogP contribution in [0, 0.1) is 0 Å². The molecule has 1 saturated heterocycles. The van der Waals surface area contributed by atoms with Crippen molar-refractivity contribution >= 4 is 0 Å². The van der Waals surface area contributed by atoms with Crippen molar-refractivity contribution in [2.75, 3.05) is 32.8 Å². The van der Waals surface area contributed by atoms with Crippen molar-refractivity contribution in [3.05, 3.63) is 29.8 Å². The first kappa shape index (κ1) is 15.3. The quantitative estimate of drug-likeness (QED) is 0.778. The van der Waals surface area contributed by atoms with Gasteiger partial charge < -0.3 is 15.4 Å². The zero-order valence-electron chi connectivity index (χ0n) is 12.5. The fourth-order valence-electron chi connectivity index (χ4n) is 2.80. The van der Waals surface area contributed by atoms with Crippen molar-refractivity contribution in [1.82, 2.24) is 4.90 Å². The lowest BCUT2D eigenvalue weighted by molar-refractivity contribution is 0.240. The van der Waals surface area contributed by atoms with Crippen molar-refractivity contribution in [1.29, 1.82) is 0 Å². The summed E-state index contributed by atoms with van der Waals surface area (Å²) >= 11 is 0. The third-order valence-electron chi connectivity index (χ3n) is 3.92. The van der Waals surface area contributed by atoms with Crippen LogP contribution in [-0.2, 0) is 6.42 Å². The van der Waals surface area contributed by atoms with Crippen molar-refractivity contribution in [3.63, 3.8) is 0 Å². The van der Waals surface area contributed by atoms with Gasteiger partial charge in [-0.2, -0.15) is 0 Å². The number of hydrogen-bond donors (Lipinski definition) is 1. The predicted octanol–water partition coefficient (Wildman–Crippen LogP) is 2.83. The van der Waals surface area contributed by atoms with Gasteiger partial charge in [0.15, 0.2) is 0 Å². The first-order valence-electron chi connectivity index (χ1n) is 8.02. The molecule has 0 aliphatic carbocycles. The average Bonchev–Trinajstić information content (AvgIpc) is 2.73. The maximum atomic E-state index is 5.85. The Kier molecular flexibility index (Phi) is 6.89. The lowest BCUT2D eigenvalue weighted by Crippen LogP contribution is -2.26. The van der Waals surface area contributed by atoms with Crippen LogP contribution in [0.2, 0.25) is 0 Å². The van der Waals surface area contributed by atoms with E-state index in [0.717, 1.165) is 25.2 Å². The van der Waals surface area contributed by atoms with Crippen molar-refractivity contribution in [2.45, 2.75) is 38.5 Å². The number of nitrogens with two attached hydrogens (primary N) is 1. The van der Waals surface area contributed by atoms with Gasteiger partial charge in [0.2, 0.25) is 0 Å². The zero-order chi connectivity index (χ0) is 14.0. The van der Waals surface area contributed by atoms with Gasteiger partial charge in [0.05, 0.1) is 6.61 Å². The van der Waals surface area contributed by atoms with E-state index in [4.69, 9.17) is 10.5 Å². The molecule has 0 radical (unpaired) electrons. The van der Waals surface area contributed by atoms with E-state index in [1.165, 1.54) is 50.9 Å². The molecule has 20 heavy (non-hydrogen) atoms. The van der Waals surface area contributed by atoms with Crippen LogP contribution in [0.5, 0.6) is 5.75 Å². The molecule has 0 aromatic heterocycles. The van der Waals surface area contributed by atoms with Gasteiger partial charge >= 0.3 is 0 Å². The van der Waals surface area contributed by atoms with Gasteiger partial charge in [-0.3, -0.25) is 0 Å². The molecule has 0 spiro atoms. The van der Waals surface area contributed by atoms with E-state index >= 15 is 0 Å². The third-order valence-corrected chi connectivity index (χ3v) is 3.92. The van der Waals surface area contributed by atoms with Crippen LogP contribution in [-0.4, -0.2) is 37.7 Å². The molecule has 0 saturated carbocycles. The maximum Gasteiger partial charge on any atom is 0.119 e. The van der Waals surface area contributed by atoms with E-state index in [2.05, 4.69) is 23.1 Å². The Morgan fingerprint density at radius 1 is 1.10 bits per heavy atom. The van der Waals surface area contributed by atoms with Gasteiger partial charge in [-0.15, -0.1) is 0 Å². The van der Waals surface area contributed by atoms with Crippen molar-refractivity contribution < 1.29 is 4.74 Å². The highest BCUT2D eigenvalue weighted by Crippen LogP contribution is 2.14. The number of rotatable bonds is 7. The van der Waals surface area contributed by atoms with Gasteiger partial charge in [0.25, 0.3) is 0 Å². The lowest BCUT2D eigenvalue weighted by Gasteiger charge is -2.19. The van der Waals surface area contributed by atoms with Crippen LogP contribution < -0.4 is 10.5 Å². The minimum Gasteiger partial charge on any atom is -0.494 e. The Labute approximate surface area is 123 Å². The summed E-state index contributed by atoms with van der Waals surface area (Å²) in [5, 5.41) is 0. The second-order valence-electron chi connectivity index (χ2n) is 5.64. The second kappa shape index (κ2) is 8.98. The molecular weight excluding hydrogens is 248 g/mol. The van der Waals surface area contributed by atoms with Crippen molar-refractivity contribution in [3.8, 4) is 5.75 Å². The zero-order valence-corrected chi connectivity index (χ0v) is 12.5. The van der Waals surface area contributed by atoms with E-state index < -0.39 is 0 Å². The molecule has 1 aliphatic heterocycles. The van der Waals surface area contributed by atoms with E-state index in [9.17, 15) is 0 Å². The largest absolute Gasteiger partial charge is 0.494 e. The van der Waals surface area contributed by atoms with Crippen LogP contribution in [0.25, 0.3) is 0 Å². The Morgan fingerprint density at radius 2 is 1.90 bits per heavy atom. The molecule has 1 fully saturated rings. The van der Waals surface area contributed by atoms with Crippen LogP contribution in [0.4, 0.5) is 0 Å². The summed E-state index contributed by atoms with van der Waals surface area (Å²) in [4.78, 5) is 2.58. The van der Waals surface area contributed by atoms with Gasteiger partial charge in [-0.1, -0.05) is 25.0 Å². The summed E-state index contributed by atoms with van der Waals surface area (Å²) in [6.45, 7) is 5.21. The van der Waals surface area contributed by atoms with E-state index in [0.29, 0.717) is 6.54 Å². The molecule has 3 nitrogen and oxygen atoms in total. The second-order valence-corrected chi connectivity index (χ2v) is 5.64. The molecule has 1 aliphatic rings. The fraction of sp³-hybridized carbons (Fsp3) is 0.647. The summed E-state index contributed by atoms with van der Waals surface area (Å²) in [5.41, 5.74) is 6.84. The number of likely N-dealkylation sites (tertiary alicyclic amines) is 1. The molecule has 0 unspecified atom stereocenters. The van der Waals surface area contributed by atoms with E-state index in [-0.39, 0.29) is 0 Å². The summed E-state index contributed by atoms with van der Waals surface area (Å²) < 4.78 is 5.85. The van der Waals surface area contributed by atoms with Crippen LogP contribution in [0.1, 0.15) is 37.7 Å². The normalized spacial score (nSPS) is 16.9. The summed E-state index contributed by atoms with van der Waals surface area (Å²) in [6.07, 6.45) is 7.57. The Hall–Kier alpha value is -1.06. The molecule has 1 aromatic rings. The monoisotopic (exact) mass is 276 g/mol. The molecule has 1 aromatic carbocycles. The highest BCUT2D eigenvalue weighted by Gasteiger charge is 2.08. The minimum atomic E-state index is 0.693. The molecule has 0 atom stereocenters. The number of nitrogens with zero attached hydrogens (tertiary/aromatic N) is 1. The minimum absolute atomic E-state index is 0.693. The molecular formula is C17H28N2O. The summed E-state index contributed by atoms with van der Waals surface area (Å²) in [6, 6.07) is 8.30. The standard InChI is InChI=1S/C17H28N2O/c18-10-9-16-7-5-8-17(15-16)20-14-6-13-19-11-3-1-2-4-12-19/h5,7-8,15H,1-4,6,9-14,18H2. The van der Waals surface area contributed by atoms with Crippen LogP contribution in [0.3, 0.4) is 0 Å². The smallest absolute Gasteiger partial charge is 0.119 e. The molecule has 2 rings (SSSR count). The Bertz CT molecular complexity index is 373. The molecule has 2 N–H and O–H groups in total. The number of hydrogen-bond acceptors (Lipinski definition) is 3. The summed E-state index contributed by atoms with van der Waals surface area (Å²) in [5.74, 6) is 0.979. The van der Waals surface area contributed by atoms with Crippen LogP contribution >= 0.6 is 0 Å². The van der Waals surface area contributed by atoms with Gasteiger partial charge in [0, 0.05) is 6.54 Å². The van der Waals surface area contributed by atoms with Crippen LogP contribution in [0.15, 0.2) is 24.3 Å². The van der Waals surface area contributed by atoms with Gasteiger partial charge in [-0.25, -0.2) is 0 Å². The molecule has 112 valence electrons. The highest BCUT2D eigenvalue weighted by atomic mass is 16.5. The van der Waals surface area contributed by atoms with E-state index in [1.54, 1.807) is 0 Å². The topological polar surface area (TPSA) is 38.5 Å². The molecule has 0 amide bonds. The molecule has 3 heteroatoms. The van der Waals surface area contributed by atoms with Crippen molar-refractivity contribution in [2.24, 2.45) is 5.73 Å². The highest BCUT2D eigenvalue weighted by molar-refractivity contribution is 5.28. The Morgan fingerprint density at radius 3 is 2.65 bits per heavy atom. The third kappa shape index (κ3) is 5.51. The fourth-order valence-corrected chi connectivity index (χ4v) is 2.80. The predicted molar refractivity (Wildman–Crippen MR) is 84.2 cm³/mol. The summed E-state index contributed by atoms with van der Waals surface area (Å²) in [7, 11) is 0. The Balaban J connectivity index is 1.66. The molecule has 0 bridgehead atoms. The number of ether oxygens (including phenoxy) is 1. The molecule has 1 heterocycles. The first-order valence-corrected chi connectivity index (χ1v) is 8.02. The van der Waals surface area contributed by atoms with E-state index in [1.807, 2.05) is 6.07 Å². The SMILES string of the molecule is NCCc1cccc(OCCCN2CCCCCC2)c1. The first-order chi connectivity index (χ1) is 9.88. The van der Waals surface area contributed by atoms with Gasteiger partial charge in [0.1, 0.15) is 5.75 Å². The maximum absolute atomic E-state index is 5.85. The lowest BCUT2D eigenvalue weighted by atomic mass is 10.1. The van der Waals surface area contributed by atoms with Gasteiger partial charge in [-0.05, 0) is 63.0 Å². The number of benzene rings is 1.